The summed E-state index contributed by atoms with van der Waals surface area (Å²) in [6.45, 7) is 15.0. The minimum absolute atomic E-state index is 0.0179. The van der Waals surface area contributed by atoms with Gasteiger partial charge in [0.15, 0.2) is 0 Å². The molecular weight excluding hydrogens is 1210 g/mol. The van der Waals surface area contributed by atoms with Gasteiger partial charge in [0.05, 0.1) is 9.49 Å². The molecule has 486 valence electrons. The molecule has 0 radical (unpaired) electrons. The fourth-order valence-electron chi connectivity index (χ4n) is 12.3. The molecule has 0 saturated heterocycles. The lowest BCUT2D eigenvalue weighted by Gasteiger charge is -2.37. The summed E-state index contributed by atoms with van der Waals surface area (Å²) in [5.41, 5.74) is 9.84. The van der Waals surface area contributed by atoms with Crippen molar-refractivity contribution in [2.45, 2.75) is 100 Å². The fraction of sp³-hybridized carbons (Fsp3) is 0.291. The molecule has 94 heavy (non-hydrogen) atoms. The number of carbonyl (C=O) groups excluding carboxylic acids is 6. The highest BCUT2D eigenvalue weighted by Crippen LogP contribution is 2.51. The third-order valence-electron chi connectivity index (χ3n) is 16.8. The third-order valence-corrected chi connectivity index (χ3v) is 20.1. The molecule has 9 rings (SSSR count). The lowest BCUT2D eigenvalue weighted by Crippen LogP contribution is -2.60. The van der Waals surface area contributed by atoms with Gasteiger partial charge in [-0.3, -0.25) is 19.2 Å². The Bertz CT molecular complexity index is 3570. The van der Waals surface area contributed by atoms with Crippen LogP contribution in [0.15, 0.2) is 243 Å². The zero-order valence-electron chi connectivity index (χ0n) is 54.2. The first-order valence-electron chi connectivity index (χ1n) is 32.3. The molecule has 0 heterocycles. The maximum Gasteiger partial charge on any atom is 0.407 e. The summed E-state index contributed by atoms with van der Waals surface area (Å²) in [4.78, 5) is 89.0. The Labute approximate surface area is 562 Å². The molecule has 0 bridgehead atoms. The molecule has 15 heteroatoms. The van der Waals surface area contributed by atoms with Gasteiger partial charge in [-0.2, -0.15) is 0 Å². The Hall–Kier alpha value is -9.18. The number of nitrogens with one attached hydrogen (secondary N) is 5. The number of amides is 5. The molecule has 0 saturated carbocycles. The molecule has 5 N–H and O–H groups in total. The number of thioether (sulfide) groups is 2. The first-order chi connectivity index (χ1) is 45.5. The second kappa shape index (κ2) is 33.1. The molecule has 0 aliphatic heterocycles. The summed E-state index contributed by atoms with van der Waals surface area (Å²) in [7, 11) is 0. The molecule has 1 aliphatic rings. The van der Waals surface area contributed by atoms with Crippen LogP contribution in [0.25, 0.3) is 11.1 Å². The number of alkyl carbamates (subject to hydrolysis) is 1. The number of carbonyl (C=O) groups is 6. The van der Waals surface area contributed by atoms with Crippen LogP contribution in [0.4, 0.5) is 4.79 Å². The Morgan fingerprint density at radius 2 is 0.734 bits per heavy atom. The zero-order valence-corrected chi connectivity index (χ0v) is 55.9. The maximum atomic E-state index is 15.8. The van der Waals surface area contributed by atoms with E-state index < -0.39 is 81.3 Å². The number of hydrogen-bond acceptors (Lipinski definition) is 10. The number of fused-ring (bicyclic) bond motifs is 3. The average Bonchev–Trinajstić information content (AvgIpc) is 0.865. The molecule has 0 unspecified atom stereocenters. The maximum absolute atomic E-state index is 15.8. The van der Waals surface area contributed by atoms with Gasteiger partial charge in [-0.25, -0.2) is 9.59 Å². The summed E-state index contributed by atoms with van der Waals surface area (Å²) >= 11 is 2.93. The van der Waals surface area contributed by atoms with Gasteiger partial charge in [0.25, 0.3) is 0 Å². The number of hydrogen-bond donors (Lipinski definition) is 5. The summed E-state index contributed by atoms with van der Waals surface area (Å²) in [5.74, 6) is -4.15. The number of benzene rings is 8. The third kappa shape index (κ3) is 16.8. The zero-order chi connectivity index (χ0) is 66.6. The second-order valence-corrected chi connectivity index (χ2v) is 27.3. The Kier molecular flexibility index (Phi) is 24.3. The molecule has 1 aliphatic carbocycles. The minimum atomic E-state index is -1.34. The quantitative estimate of drug-likeness (QED) is 0.0159. The Balaban J connectivity index is 1.02. The number of esters is 1. The Morgan fingerprint density at radius 1 is 0.415 bits per heavy atom. The second-order valence-electron chi connectivity index (χ2n) is 24.8. The van der Waals surface area contributed by atoms with Crippen molar-refractivity contribution < 1.29 is 38.2 Å². The first-order valence-corrected chi connectivity index (χ1v) is 34.2. The van der Waals surface area contributed by atoms with E-state index in [2.05, 4.69) is 81.7 Å². The van der Waals surface area contributed by atoms with Crippen molar-refractivity contribution in [1.29, 1.82) is 0 Å². The smallest absolute Gasteiger partial charge is 0.407 e. The first kappa shape index (κ1) is 69.2. The van der Waals surface area contributed by atoms with Crippen LogP contribution in [0.2, 0.25) is 0 Å². The van der Waals surface area contributed by atoms with Gasteiger partial charge in [-0.05, 0) is 86.2 Å². The predicted octanol–water partition coefficient (Wildman–Crippen LogP) is 13.8. The van der Waals surface area contributed by atoms with Crippen molar-refractivity contribution in [3.63, 3.8) is 0 Å². The molecular formula is C79H85N5O8S2. The molecule has 0 spiro atoms. The SMILES string of the molecule is C=CCOC(=O)[C@@H](CSC(c1ccccc1)(c1ccccc1)c1ccccc1)NC(=O)[C@@H](CSC(c1ccccc1)(c1ccccc1)c1ccccc1)NC(=O)[C@H](CC(C)C)NC(=O)[C@@H](CC(C)C)NC(=O)[C@@H](NC(=O)OCC1c2ccccc2-c2ccccc21)C(C)C. The molecule has 5 amide bonds. The molecule has 5 atom stereocenters. The highest BCUT2D eigenvalue weighted by molar-refractivity contribution is 8.01. The molecule has 0 fully saturated rings. The van der Waals surface area contributed by atoms with Gasteiger partial charge in [0, 0.05) is 17.4 Å². The topological polar surface area (TPSA) is 181 Å². The fourth-order valence-corrected chi connectivity index (χ4v) is 15.4. The van der Waals surface area contributed by atoms with Crippen molar-refractivity contribution >= 4 is 59.2 Å². The van der Waals surface area contributed by atoms with E-state index in [9.17, 15) is 19.2 Å². The molecule has 8 aromatic carbocycles. The van der Waals surface area contributed by atoms with Crippen LogP contribution < -0.4 is 26.6 Å². The van der Waals surface area contributed by atoms with Gasteiger partial charge in [0.1, 0.15) is 43.4 Å². The van der Waals surface area contributed by atoms with Crippen molar-refractivity contribution in [2.75, 3.05) is 24.7 Å². The Morgan fingerprint density at radius 3 is 1.10 bits per heavy atom. The van der Waals surface area contributed by atoms with E-state index >= 15 is 9.59 Å². The number of ether oxygens (including phenoxy) is 2. The summed E-state index contributed by atoms with van der Waals surface area (Å²) in [6, 6.07) is 70.0. The van der Waals surface area contributed by atoms with E-state index in [1.165, 1.54) is 29.6 Å². The normalized spacial score (nSPS) is 13.7. The molecule has 8 aromatic rings. The molecule has 0 aromatic heterocycles. The summed E-state index contributed by atoms with van der Waals surface area (Å²) < 4.78 is 9.83. The van der Waals surface area contributed by atoms with Crippen molar-refractivity contribution in [2.24, 2.45) is 17.8 Å². The average molecular weight is 1300 g/mol. The predicted molar refractivity (Wildman–Crippen MR) is 378 cm³/mol. The standard InChI is InChI=1S/C79H85N5O8S2/c1-8-47-91-76(89)70(52-94-79(59-37-21-12-22-38-59,60-39-23-13-24-40-60)61-41-25-14-26-42-61)83-74(87)69(51-93-78(56-31-15-9-16-32-56,57-33-17-10-18-34-57)58-35-19-11-20-36-58)82-73(86)67(48-53(2)3)80-72(85)68(49-54(4)5)81-75(88)71(55(6)7)84-77(90)92-50-66-64-45-29-27-43-62(64)63-44-28-30-46-65(63)66/h8-46,53-55,66-71H,1,47-52H2,2-7H3,(H,80,85)(H,81,88)(H,82,86)(H,83,87)(H,84,90)/t67-,68+,69+,70+,71-/m0/s1. The van der Waals surface area contributed by atoms with Gasteiger partial charge < -0.3 is 36.1 Å². The number of rotatable bonds is 31. The van der Waals surface area contributed by atoms with Crippen LogP contribution >= 0.6 is 23.5 Å². The van der Waals surface area contributed by atoms with Crippen LogP contribution in [0.5, 0.6) is 0 Å². The van der Waals surface area contributed by atoms with Gasteiger partial charge >= 0.3 is 12.1 Å². The van der Waals surface area contributed by atoms with Crippen LogP contribution in [-0.4, -0.2) is 90.6 Å². The highest BCUT2D eigenvalue weighted by Gasteiger charge is 2.43. The van der Waals surface area contributed by atoms with Crippen LogP contribution in [-0.2, 0) is 42.9 Å². The van der Waals surface area contributed by atoms with E-state index in [1.54, 1.807) is 13.8 Å². The van der Waals surface area contributed by atoms with E-state index in [1.807, 2.05) is 210 Å². The van der Waals surface area contributed by atoms with Crippen molar-refractivity contribution in [1.82, 2.24) is 26.6 Å². The van der Waals surface area contributed by atoms with Crippen LogP contribution in [0, 0.1) is 17.8 Å². The molecule has 13 nitrogen and oxygen atoms in total. The summed E-state index contributed by atoms with van der Waals surface area (Å²) in [5, 5.41) is 14.9. The van der Waals surface area contributed by atoms with Gasteiger partial charge in [-0.15, -0.1) is 23.5 Å². The minimum Gasteiger partial charge on any atom is -0.460 e. The monoisotopic (exact) mass is 1300 g/mol. The lowest BCUT2D eigenvalue weighted by molar-refractivity contribution is -0.146. The van der Waals surface area contributed by atoms with Gasteiger partial charge in [-0.1, -0.05) is 285 Å². The van der Waals surface area contributed by atoms with E-state index in [-0.39, 0.29) is 55.3 Å². The van der Waals surface area contributed by atoms with Crippen LogP contribution in [0.1, 0.15) is 105 Å². The van der Waals surface area contributed by atoms with Crippen LogP contribution in [0.3, 0.4) is 0 Å². The highest BCUT2D eigenvalue weighted by atomic mass is 32.2. The van der Waals surface area contributed by atoms with Crippen molar-refractivity contribution in [3.8, 4) is 11.1 Å². The van der Waals surface area contributed by atoms with E-state index in [0.717, 1.165) is 55.6 Å². The van der Waals surface area contributed by atoms with E-state index in [4.69, 9.17) is 9.47 Å². The summed E-state index contributed by atoms with van der Waals surface area (Å²) in [6.07, 6.45) is 1.02. The van der Waals surface area contributed by atoms with Crippen molar-refractivity contribution in [3.05, 3.63) is 288 Å². The van der Waals surface area contributed by atoms with Gasteiger partial charge in [0.2, 0.25) is 23.6 Å². The van der Waals surface area contributed by atoms with E-state index in [0.29, 0.717) is 0 Å². The lowest BCUT2D eigenvalue weighted by atomic mass is 9.84. The largest absolute Gasteiger partial charge is 0.460 e.